The number of benzene rings is 1. The van der Waals surface area contributed by atoms with Crippen molar-refractivity contribution in [2.24, 2.45) is 0 Å². The van der Waals surface area contributed by atoms with Gasteiger partial charge in [-0.1, -0.05) is 13.0 Å². The molecule has 1 aliphatic heterocycles. The Bertz CT molecular complexity index is 1090. The molecular formula is C23H31N3O2S2. The first kappa shape index (κ1) is 21.6. The fourth-order valence-electron chi connectivity index (χ4n) is 4.30. The maximum absolute atomic E-state index is 12.2. The van der Waals surface area contributed by atoms with Gasteiger partial charge in [0.15, 0.2) is 0 Å². The molecule has 1 aliphatic rings. The van der Waals surface area contributed by atoms with Crippen LogP contribution in [0.3, 0.4) is 0 Å². The zero-order valence-electron chi connectivity index (χ0n) is 17.8. The van der Waals surface area contributed by atoms with Gasteiger partial charge in [0.2, 0.25) is 10.0 Å². The number of aromatic nitrogens is 1. The molecule has 0 amide bonds. The third-order valence-electron chi connectivity index (χ3n) is 6.08. The Labute approximate surface area is 183 Å². The number of hydrogen-bond donors (Lipinski definition) is 2. The second kappa shape index (κ2) is 9.22. The molecule has 3 aromatic rings. The van der Waals surface area contributed by atoms with E-state index in [1.807, 2.05) is 0 Å². The molecule has 0 spiro atoms. The summed E-state index contributed by atoms with van der Waals surface area (Å²) in [5, 5.41) is 6.98. The Morgan fingerprint density at radius 2 is 1.97 bits per heavy atom. The van der Waals surface area contributed by atoms with Crippen molar-refractivity contribution >= 4 is 32.3 Å². The van der Waals surface area contributed by atoms with Crippen LogP contribution in [0.25, 0.3) is 22.0 Å². The molecule has 5 nitrogen and oxygen atoms in total. The third kappa shape index (κ3) is 4.49. The van der Waals surface area contributed by atoms with Crippen molar-refractivity contribution < 1.29 is 8.42 Å². The molecule has 4 rings (SSSR count). The molecule has 0 aliphatic carbocycles. The SMILES string of the molecule is CCCNCc1cc(-c2ccc3[nH]cc(C4CCN(S(=O)(=O)CC)CC4)c3c2)cs1. The summed E-state index contributed by atoms with van der Waals surface area (Å²) in [5.41, 5.74) is 4.98. The van der Waals surface area contributed by atoms with E-state index >= 15 is 0 Å². The summed E-state index contributed by atoms with van der Waals surface area (Å²) in [7, 11) is -3.08. The van der Waals surface area contributed by atoms with Gasteiger partial charge in [-0.15, -0.1) is 11.3 Å². The molecule has 0 unspecified atom stereocenters. The zero-order valence-corrected chi connectivity index (χ0v) is 19.4. The fraction of sp³-hybridized carbons (Fsp3) is 0.478. The summed E-state index contributed by atoms with van der Waals surface area (Å²) < 4.78 is 26.0. The average molecular weight is 446 g/mol. The highest BCUT2D eigenvalue weighted by molar-refractivity contribution is 7.89. The summed E-state index contributed by atoms with van der Waals surface area (Å²) in [6.45, 7) is 7.11. The van der Waals surface area contributed by atoms with E-state index in [2.05, 4.69) is 53.1 Å². The molecule has 3 heterocycles. The Morgan fingerprint density at radius 1 is 1.17 bits per heavy atom. The molecule has 162 valence electrons. The highest BCUT2D eigenvalue weighted by Crippen LogP contribution is 2.36. The van der Waals surface area contributed by atoms with E-state index in [0.29, 0.717) is 19.0 Å². The van der Waals surface area contributed by atoms with Gasteiger partial charge in [0, 0.05) is 41.6 Å². The van der Waals surface area contributed by atoms with Gasteiger partial charge >= 0.3 is 0 Å². The van der Waals surface area contributed by atoms with Crippen molar-refractivity contribution in [3.63, 3.8) is 0 Å². The van der Waals surface area contributed by atoms with Gasteiger partial charge in [-0.3, -0.25) is 0 Å². The van der Waals surface area contributed by atoms with Gasteiger partial charge in [-0.25, -0.2) is 12.7 Å². The monoisotopic (exact) mass is 445 g/mol. The largest absolute Gasteiger partial charge is 0.361 e. The van der Waals surface area contributed by atoms with Crippen molar-refractivity contribution in [2.75, 3.05) is 25.4 Å². The molecule has 0 bridgehead atoms. The van der Waals surface area contributed by atoms with Gasteiger partial charge in [0.1, 0.15) is 0 Å². The fourth-order valence-corrected chi connectivity index (χ4v) is 6.30. The van der Waals surface area contributed by atoms with Crippen LogP contribution in [0.2, 0.25) is 0 Å². The predicted molar refractivity (Wildman–Crippen MR) is 127 cm³/mol. The number of aromatic amines is 1. The minimum Gasteiger partial charge on any atom is -0.361 e. The second-order valence-electron chi connectivity index (χ2n) is 8.06. The van der Waals surface area contributed by atoms with E-state index in [1.165, 1.54) is 27.0 Å². The Balaban J connectivity index is 1.53. The predicted octanol–water partition coefficient (Wildman–Crippen LogP) is 4.93. The van der Waals surface area contributed by atoms with Crippen LogP contribution in [0.4, 0.5) is 0 Å². The van der Waals surface area contributed by atoms with Crippen LogP contribution in [0, 0.1) is 0 Å². The number of H-pyrrole nitrogens is 1. The smallest absolute Gasteiger partial charge is 0.213 e. The van der Waals surface area contributed by atoms with Crippen molar-refractivity contribution in [2.45, 2.75) is 45.6 Å². The molecule has 0 saturated carbocycles. The first-order chi connectivity index (χ1) is 14.5. The second-order valence-corrected chi connectivity index (χ2v) is 11.3. The molecule has 1 saturated heterocycles. The Morgan fingerprint density at radius 3 is 2.70 bits per heavy atom. The summed E-state index contributed by atoms with van der Waals surface area (Å²) in [6, 6.07) is 8.93. The molecular weight excluding hydrogens is 414 g/mol. The quantitative estimate of drug-likeness (QED) is 0.484. The number of piperidine rings is 1. The van der Waals surface area contributed by atoms with E-state index < -0.39 is 10.0 Å². The molecule has 0 atom stereocenters. The first-order valence-electron chi connectivity index (χ1n) is 10.9. The standard InChI is InChI=1S/C23H31N3O2S2/c1-3-9-24-14-20-12-19(16-29-20)18-5-6-23-21(13-18)22(15-25-23)17-7-10-26(11-8-17)30(27,28)4-2/h5-6,12-13,15-17,24-25H,3-4,7-11,14H2,1-2H3. The average Bonchev–Trinajstić information content (AvgIpc) is 3.41. The lowest BCUT2D eigenvalue weighted by Crippen LogP contribution is -2.38. The summed E-state index contributed by atoms with van der Waals surface area (Å²) in [4.78, 5) is 4.78. The summed E-state index contributed by atoms with van der Waals surface area (Å²) in [6.07, 6.45) is 5.02. The molecule has 1 fully saturated rings. The van der Waals surface area contributed by atoms with Gasteiger partial charge in [0.05, 0.1) is 5.75 Å². The lowest BCUT2D eigenvalue weighted by molar-refractivity contribution is 0.321. The van der Waals surface area contributed by atoms with Gasteiger partial charge in [-0.05, 0) is 78.9 Å². The van der Waals surface area contributed by atoms with Gasteiger partial charge in [-0.2, -0.15) is 0 Å². The maximum atomic E-state index is 12.2. The minimum atomic E-state index is -3.08. The zero-order chi connectivity index (χ0) is 21.1. The number of sulfonamides is 1. The number of nitrogens with one attached hydrogen (secondary N) is 2. The number of hydrogen-bond acceptors (Lipinski definition) is 4. The van der Waals surface area contributed by atoms with Crippen LogP contribution >= 0.6 is 11.3 Å². The van der Waals surface area contributed by atoms with E-state index in [4.69, 9.17) is 0 Å². The van der Waals surface area contributed by atoms with Gasteiger partial charge in [0.25, 0.3) is 0 Å². The highest BCUT2D eigenvalue weighted by atomic mass is 32.2. The van der Waals surface area contributed by atoms with Crippen LogP contribution in [0.15, 0.2) is 35.8 Å². The van der Waals surface area contributed by atoms with Crippen molar-refractivity contribution in [1.29, 1.82) is 0 Å². The Hall–Kier alpha value is -1.67. The lowest BCUT2D eigenvalue weighted by Gasteiger charge is -2.30. The minimum absolute atomic E-state index is 0.185. The van der Waals surface area contributed by atoms with E-state index in [1.54, 1.807) is 22.6 Å². The number of fused-ring (bicyclic) bond motifs is 1. The van der Waals surface area contributed by atoms with Crippen LogP contribution in [0.1, 0.15) is 49.5 Å². The van der Waals surface area contributed by atoms with Crippen LogP contribution in [-0.4, -0.2) is 43.1 Å². The van der Waals surface area contributed by atoms with Crippen molar-refractivity contribution in [1.82, 2.24) is 14.6 Å². The summed E-state index contributed by atoms with van der Waals surface area (Å²) >= 11 is 1.81. The van der Waals surface area contributed by atoms with Crippen LogP contribution in [-0.2, 0) is 16.6 Å². The molecule has 2 N–H and O–H groups in total. The number of nitrogens with zero attached hydrogens (tertiary/aromatic N) is 1. The molecule has 1 aromatic carbocycles. The maximum Gasteiger partial charge on any atom is 0.213 e. The van der Waals surface area contributed by atoms with Crippen LogP contribution in [0.5, 0.6) is 0 Å². The normalized spacial score (nSPS) is 16.5. The Kier molecular flexibility index (Phi) is 6.63. The van der Waals surface area contributed by atoms with E-state index in [9.17, 15) is 8.42 Å². The summed E-state index contributed by atoms with van der Waals surface area (Å²) in [5.74, 6) is 0.582. The first-order valence-corrected chi connectivity index (χ1v) is 13.4. The van der Waals surface area contributed by atoms with E-state index in [0.717, 1.165) is 37.9 Å². The lowest BCUT2D eigenvalue weighted by atomic mass is 9.89. The van der Waals surface area contributed by atoms with Crippen molar-refractivity contribution in [3.05, 3.63) is 46.3 Å². The number of thiophene rings is 1. The van der Waals surface area contributed by atoms with E-state index in [-0.39, 0.29) is 5.75 Å². The van der Waals surface area contributed by atoms with Gasteiger partial charge < -0.3 is 10.3 Å². The van der Waals surface area contributed by atoms with Crippen LogP contribution < -0.4 is 5.32 Å². The molecule has 7 heteroatoms. The van der Waals surface area contributed by atoms with Crippen molar-refractivity contribution in [3.8, 4) is 11.1 Å². The number of rotatable bonds is 8. The third-order valence-corrected chi connectivity index (χ3v) is 8.90. The molecule has 30 heavy (non-hydrogen) atoms. The topological polar surface area (TPSA) is 65.2 Å². The highest BCUT2D eigenvalue weighted by Gasteiger charge is 2.28. The molecule has 0 radical (unpaired) electrons. The molecule has 2 aromatic heterocycles.